The van der Waals surface area contributed by atoms with Gasteiger partial charge in [0, 0.05) is 19.3 Å². The van der Waals surface area contributed by atoms with Crippen molar-refractivity contribution >= 4 is 17.9 Å². The second kappa shape index (κ2) is 66.6. The van der Waals surface area contributed by atoms with Crippen LogP contribution in [-0.2, 0) is 28.6 Å². The van der Waals surface area contributed by atoms with Crippen molar-refractivity contribution < 1.29 is 28.6 Å². The topological polar surface area (TPSA) is 78.9 Å². The molecule has 0 aromatic heterocycles. The number of carbonyl (C=O) groups excluding carboxylic acids is 3. The van der Waals surface area contributed by atoms with Crippen molar-refractivity contribution in [1.29, 1.82) is 0 Å². The Labute approximate surface area is 489 Å². The molecule has 0 spiro atoms. The molecule has 0 aromatic rings. The van der Waals surface area contributed by atoms with Gasteiger partial charge in [-0.05, 0) is 122 Å². The molecule has 6 nitrogen and oxygen atoms in total. The van der Waals surface area contributed by atoms with Gasteiger partial charge in [-0.1, -0.05) is 284 Å². The lowest BCUT2D eigenvalue weighted by molar-refractivity contribution is -0.167. The number of carbonyl (C=O) groups is 3. The van der Waals surface area contributed by atoms with Gasteiger partial charge in [0.2, 0.25) is 0 Å². The summed E-state index contributed by atoms with van der Waals surface area (Å²) in [4.78, 5) is 38.4. The van der Waals surface area contributed by atoms with Crippen LogP contribution in [0.1, 0.15) is 316 Å². The Bertz CT molecular complexity index is 1590. The number of unbranched alkanes of at least 4 members (excludes halogenated alkanes) is 31. The minimum atomic E-state index is -0.806. The molecule has 0 saturated carbocycles. The lowest BCUT2D eigenvalue weighted by Crippen LogP contribution is -2.30. The Morgan fingerprint density at radius 3 is 0.797 bits per heavy atom. The van der Waals surface area contributed by atoms with Crippen LogP contribution in [-0.4, -0.2) is 37.2 Å². The minimum Gasteiger partial charge on any atom is -0.462 e. The van der Waals surface area contributed by atoms with Crippen molar-refractivity contribution in [1.82, 2.24) is 0 Å². The molecule has 1 atom stereocenters. The highest BCUT2D eigenvalue weighted by Gasteiger charge is 2.19. The Balaban J connectivity index is 4.35. The van der Waals surface area contributed by atoms with E-state index in [9.17, 15) is 14.4 Å². The zero-order valence-electron chi connectivity index (χ0n) is 51.9. The molecule has 0 saturated heterocycles. The van der Waals surface area contributed by atoms with Gasteiger partial charge in [-0.25, -0.2) is 0 Å². The van der Waals surface area contributed by atoms with Crippen molar-refractivity contribution in [3.8, 4) is 0 Å². The molecule has 0 aliphatic heterocycles. The van der Waals surface area contributed by atoms with Crippen LogP contribution >= 0.6 is 0 Å². The molecule has 0 heterocycles. The van der Waals surface area contributed by atoms with Crippen molar-refractivity contribution in [2.45, 2.75) is 322 Å². The third-order valence-corrected chi connectivity index (χ3v) is 14.2. The molecule has 0 rings (SSSR count). The second-order valence-corrected chi connectivity index (χ2v) is 22.0. The zero-order chi connectivity index (χ0) is 57.1. The summed E-state index contributed by atoms with van der Waals surface area (Å²) in [7, 11) is 0. The normalized spacial score (nSPS) is 12.8. The van der Waals surface area contributed by atoms with Gasteiger partial charge < -0.3 is 14.2 Å². The quantitative estimate of drug-likeness (QED) is 0.0261. The Morgan fingerprint density at radius 1 is 0.266 bits per heavy atom. The molecule has 1 unspecified atom stereocenters. The number of hydrogen-bond donors (Lipinski definition) is 0. The molecule has 0 aliphatic carbocycles. The first-order chi connectivity index (χ1) is 39.0. The van der Waals surface area contributed by atoms with E-state index in [1.165, 1.54) is 141 Å². The van der Waals surface area contributed by atoms with Gasteiger partial charge in [0.15, 0.2) is 6.10 Å². The molecular formula is C73H124O6. The zero-order valence-corrected chi connectivity index (χ0v) is 51.9. The summed E-state index contributed by atoms with van der Waals surface area (Å²) in [6.45, 7) is 6.40. The van der Waals surface area contributed by atoms with E-state index in [1.807, 2.05) is 0 Å². The van der Waals surface area contributed by atoms with Crippen LogP contribution in [0.3, 0.4) is 0 Å². The summed E-state index contributed by atoms with van der Waals surface area (Å²) in [5.74, 6) is -0.938. The van der Waals surface area contributed by atoms with Crippen LogP contribution in [0.4, 0.5) is 0 Å². The molecule has 0 radical (unpaired) electrons. The number of hydrogen-bond acceptors (Lipinski definition) is 6. The molecule has 6 heteroatoms. The summed E-state index contributed by atoms with van der Waals surface area (Å²) >= 11 is 0. The van der Waals surface area contributed by atoms with Crippen LogP contribution in [0, 0.1) is 0 Å². The van der Waals surface area contributed by atoms with Crippen molar-refractivity contribution in [2.24, 2.45) is 0 Å². The fourth-order valence-corrected chi connectivity index (χ4v) is 9.30. The molecule has 0 aliphatic rings. The van der Waals surface area contributed by atoms with Crippen molar-refractivity contribution in [3.63, 3.8) is 0 Å². The summed E-state index contributed by atoms with van der Waals surface area (Å²) in [5, 5.41) is 0. The Hall–Kier alpha value is -3.93. The summed E-state index contributed by atoms with van der Waals surface area (Å²) in [6, 6.07) is 0. The van der Waals surface area contributed by atoms with Gasteiger partial charge in [0.1, 0.15) is 13.2 Å². The Morgan fingerprint density at radius 2 is 0.494 bits per heavy atom. The van der Waals surface area contributed by atoms with Crippen LogP contribution in [0.15, 0.2) is 109 Å². The van der Waals surface area contributed by atoms with E-state index in [4.69, 9.17) is 14.2 Å². The number of ether oxygens (including phenoxy) is 3. The van der Waals surface area contributed by atoms with E-state index in [0.717, 1.165) is 135 Å². The molecule has 452 valence electrons. The molecule has 0 aromatic carbocycles. The summed E-state index contributed by atoms with van der Waals surface area (Å²) in [6.07, 6.45) is 91.1. The standard InChI is InChI=1S/C73H124O6/c1-4-7-10-13-16-19-22-25-28-30-32-33-34-35-36-37-38-39-41-42-45-48-51-54-57-60-63-66-72(75)78-69-70(68-77-71(74)65-62-59-56-53-50-47-44-27-24-21-18-15-12-9-6-3)79-73(76)67-64-61-58-55-52-49-46-43-40-31-29-26-23-20-17-14-11-8-5-2/h8-9,11-12,17-18,20-21,26-27,29-30,32,40,43-44,49,52,70H,4-7,10,13-16,19,22-25,28,31,33-39,41-42,45-48,50-51,53-69H2,1-3H3/b11-8-,12-9-,20-17-,21-18-,29-26-,32-30-,43-40-,44-27-,52-49-. The first-order valence-corrected chi connectivity index (χ1v) is 33.4. The van der Waals surface area contributed by atoms with Gasteiger partial charge in [-0.2, -0.15) is 0 Å². The maximum Gasteiger partial charge on any atom is 0.306 e. The number of esters is 3. The van der Waals surface area contributed by atoms with Gasteiger partial charge >= 0.3 is 17.9 Å². The van der Waals surface area contributed by atoms with E-state index in [1.54, 1.807) is 0 Å². The predicted octanol–water partition coefficient (Wildman–Crippen LogP) is 23.0. The maximum atomic E-state index is 12.9. The first-order valence-electron chi connectivity index (χ1n) is 33.4. The summed E-state index contributed by atoms with van der Waals surface area (Å²) < 4.78 is 16.9. The third kappa shape index (κ3) is 64.8. The average Bonchev–Trinajstić information content (AvgIpc) is 3.45. The summed E-state index contributed by atoms with van der Waals surface area (Å²) in [5.41, 5.74) is 0. The Kier molecular flexibility index (Phi) is 63.3. The highest BCUT2D eigenvalue weighted by molar-refractivity contribution is 5.71. The van der Waals surface area contributed by atoms with Gasteiger partial charge in [0.25, 0.3) is 0 Å². The van der Waals surface area contributed by atoms with E-state index in [2.05, 4.69) is 130 Å². The predicted molar refractivity (Wildman–Crippen MR) is 343 cm³/mol. The fraction of sp³-hybridized carbons (Fsp3) is 0.712. The van der Waals surface area contributed by atoms with E-state index in [-0.39, 0.29) is 37.5 Å². The van der Waals surface area contributed by atoms with Crippen molar-refractivity contribution in [3.05, 3.63) is 109 Å². The molecule has 0 N–H and O–H groups in total. The van der Waals surface area contributed by atoms with Crippen LogP contribution in [0.25, 0.3) is 0 Å². The monoisotopic (exact) mass is 1100 g/mol. The van der Waals surface area contributed by atoms with Crippen LogP contribution in [0.5, 0.6) is 0 Å². The highest BCUT2D eigenvalue weighted by Crippen LogP contribution is 2.16. The smallest absolute Gasteiger partial charge is 0.306 e. The fourth-order valence-electron chi connectivity index (χ4n) is 9.30. The third-order valence-electron chi connectivity index (χ3n) is 14.2. The van der Waals surface area contributed by atoms with Gasteiger partial charge in [-0.3, -0.25) is 14.4 Å². The lowest BCUT2D eigenvalue weighted by atomic mass is 10.0. The second-order valence-electron chi connectivity index (χ2n) is 22.0. The largest absolute Gasteiger partial charge is 0.462 e. The van der Waals surface area contributed by atoms with Crippen molar-refractivity contribution in [2.75, 3.05) is 13.2 Å². The SMILES string of the molecule is CC/C=C\C/C=C\C/C=C\C/C=C\C/C=C\CCCCCC(=O)OC(COC(=O)CCCCCCC/C=C\C/C=C\C/C=C\CC)COC(=O)CCCCCCCCCCCCCCCCC/C=C\CCCCCCCCCC. The molecule has 79 heavy (non-hydrogen) atoms. The van der Waals surface area contributed by atoms with E-state index < -0.39 is 6.10 Å². The van der Waals surface area contributed by atoms with Gasteiger partial charge in [0.05, 0.1) is 0 Å². The first kappa shape index (κ1) is 75.1. The molecular weight excluding hydrogens is 973 g/mol. The van der Waals surface area contributed by atoms with E-state index in [0.29, 0.717) is 12.8 Å². The number of allylic oxidation sites excluding steroid dienone is 18. The van der Waals surface area contributed by atoms with E-state index >= 15 is 0 Å². The van der Waals surface area contributed by atoms with Crippen LogP contribution in [0.2, 0.25) is 0 Å². The average molecular weight is 1100 g/mol. The number of rotatable bonds is 60. The maximum absolute atomic E-state index is 12.9. The highest BCUT2D eigenvalue weighted by atomic mass is 16.6. The van der Waals surface area contributed by atoms with Crippen LogP contribution < -0.4 is 0 Å². The lowest BCUT2D eigenvalue weighted by Gasteiger charge is -2.18. The molecule has 0 fully saturated rings. The minimum absolute atomic E-state index is 0.0969. The molecule has 0 bridgehead atoms. The van der Waals surface area contributed by atoms with Gasteiger partial charge in [-0.15, -0.1) is 0 Å². The molecule has 0 amide bonds.